The Bertz CT molecular complexity index is 1020. The maximum Gasteiger partial charge on any atom is 0.333 e. The Morgan fingerprint density at radius 2 is 1.73 bits per heavy atom. The van der Waals surface area contributed by atoms with E-state index in [0.29, 0.717) is 0 Å². The van der Waals surface area contributed by atoms with Gasteiger partial charge in [-0.15, -0.1) is 11.8 Å². The fourth-order valence-electron chi connectivity index (χ4n) is 3.17. The van der Waals surface area contributed by atoms with E-state index in [1.807, 2.05) is 20.8 Å². The molecular formula is C21H30N2O8S2. The Morgan fingerprint density at radius 3 is 2.21 bits per heavy atom. The monoisotopic (exact) mass is 502 g/mol. The summed E-state index contributed by atoms with van der Waals surface area (Å²) in [5.74, 6) is -1.29. The van der Waals surface area contributed by atoms with Crippen molar-refractivity contribution in [3.8, 4) is 0 Å². The molecule has 0 bridgehead atoms. The second-order valence-corrected chi connectivity index (χ2v) is 12.5. The maximum absolute atomic E-state index is 12.3. The van der Waals surface area contributed by atoms with Gasteiger partial charge < -0.3 is 20.1 Å². The number of carbonyl (C=O) groups excluding carboxylic acids is 3. The second-order valence-electron chi connectivity index (χ2n) is 9.34. The summed E-state index contributed by atoms with van der Waals surface area (Å²) in [6.45, 7) is 10.2. The average molecular weight is 503 g/mol. The Balaban J connectivity index is 0.000000294. The first-order valence-corrected chi connectivity index (χ1v) is 12.4. The zero-order valence-electron chi connectivity index (χ0n) is 19.4. The lowest BCUT2D eigenvalue weighted by Crippen LogP contribution is -2.68. The van der Waals surface area contributed by atoms with E-state index in [-0.39, 0.29) is 16.2 Å². The average Bonchev–Trinajstić information content (AvgIpc) is 2.95. The summed E-state index contributed by atoms with van der Waals surface area (Å²) >= 11 is 1.48. The molecule has 2 aliphatic heterocycles. The molecule has 10 nitrogen and oxygen atoms in total. The first kappa shape index (κ1) is 27.1. The molecule has 0 saturated carbocycles. The van der Waals surface area contributed by atoms with Crippen molar-refractivity contribution >= 4 is 39.7 Å². The Morgan fingerprint density at radius 1 is 1.18 bits per heavy atom. The van der Waals surface area contributed by atoms with E-state index in [0.717, 1.165) is 5.56 Å². The molecule has 2 saturated heterocycles. The third-order valence-electron chi connectivity index (χ3n) is 5.03. The third-order valence-corrected chi connectivity index (χ3v) is 7.49. The number of nitrogens with two attached hydrogens (primary N) is 1. The van der Waals surface area contributed by atoms with Crippen molar-refractivity contribution in [1.29, 1.82) is 0 Å². The molecule has 0 spiro atoms. The van der Waals surface area contributed by atoms with Crippen LogP contribution in [0.15, 0.2) is 29.2 Å². The molecule has 184 valence electrons. The number of hydrogen-bond donors (Lipinski definition) is 2. The van der Waals surface area contributed by atoms with Gasteiger partial charge in [0.2, 0.25) is 12.7 Å². The van der Waals surface area contributed by atoms with E-state index >= 15 is 0 Å². The summed E-state index contributed by atoms with van der Waals surface area (Å²) in [6, 6.07) is 4.70. The number of β-lactam (4-membered cyclic amide) rings is 1. The standard InChI is InChI=1S/C14H22N2O5S.C7H8O3S/c1-13(2,3)12(19)21-6-20-11(18)8-14(4,5)22-10-7(15)9(17)16(8)10;1-6-2-4-7(5-3-6)11(8,9)10/h7-8,10H,6,15H2,1-5H3;2-5H,1H3,(H,8,9,10)/t7?,8?,10-;/m0./s1. The third kappa shape index (κ3) is 6.25. The maximum atomic E-state index is 12.3. The van der Waals surface area contributed by atoms with Gasteiger partial charge in [0.15, 0.2) is 0 Å². The molecule has 12 heteroatoms. The largest absolute Gasteiger partial charge is 0.427 e. The van der Waals surface area contributed by atoms with Gasteiger partial charge in [0.05, 0.1) is 10.3 Å². The topological polar surface area (TPSA) is 153 Å². The Kier molecular flexibility index (Phi) is 7.89. The highest BCUT2D eigenvalue weighted by molar-refractivity contribution is 8.01. The lowest BCUT2D eigenvalue weighted by molar-refractivity contribution is -0.179. The summed E-state index contributed by atoms with van der Waals surface area (Å²) in [5, 5.41) is -0.197. The molecule has 33 heavy (non-hydrogen) atoms. The van der Waals surface area contributed by atoms with Gasteiger partial charge in [-0.1, -0.05) is 17.7 Å². The molecule has 0 aliphatic carbocycles. The van der Waals surface area contributed by atoms with E-state index in [9.17, 15) is 22.8 Å². The summed E-state index contributed by atoms with van der Waals surface area (Å²) < 4.78 is 39.0. The molecule has 2 heterocycles. The quantitative estimate of drug-likeness (QED) is 0.269. The normalized spacial score (nSPS) is 23.6. The van der Waals surface area contributed by atoms with Crippen LogP contribution in [0.2, 0.25) is 0 Å². The number of nitrogens with zero attached hydrogens (tertiary/aromatic N) is 1. The number of hydrogen-bond acceptors (Lipinski definition) is 9. The van der Waals surface area contributed by atoms with Gasteiger partial charge in [-0.2, -0.15) is 8.42 Å². The first-order valence-electron chi connectivity index (χ1n) is 10.1. The Labute approximate surface area is 197 Å². The second kappa shape index (κ2) is 9.61. The minimum Gasteiger partial charge on any atom is -0.427 e. The summed E-state index contributed by atoms with van der Waals surface area (Å²) in [4.78, 5) is 37.1. The van der Waals surface area contributed by atoms with Gasteiger partial charge in [-0.25, -0.2) is 4.79 Å². The van der Waals surface area contributed by atoms with Crippen molar-refractivity contribution in [1.82, 2.24) is 4.90 Å². The van der Waals surface area contributed by atoms with E-state index in [1.54, 1.807) is 32.9 Å². The van der Waals surface area contributed by atoms with Gasteiger partial charge >= 0.3 is 11.9 Å². The molecule has 3 N–H and O–H groups in total. The lowest BCUT2D eigenvalue weighted by atomic mass is 9.96. The smallest absolute Gasteiger partial charge is 0.333 e. The number of fused-ring (bicyclic) bond motifs is 1. The molecule has 0 radical (unpaired) electrons. The van der Waals surface area contributed by atoms with Crippen LogP contribution in [0.4, 0.5) is 0 Å². The highest BCUT2D eigenvalue weighted by Crippen LogP contribution is 2.50. The molecule has 1 amide bonds. The number of thioether (sulfide) groups is 1. The minimum atomic E-state index is -4.02. The summed E-state index contributed by atoms with van der Waals surface area (Å²) in [5.41, 5.74) is 6.03. The van der Waals surface area contributed by atoms with Crippen LogP contribution in [0, 0.1) is 12.3 Å². The number of amides is 1. The Hall–Kier alpha value is -2.15. The molecule has 1 aromatic carbocycles. The van der Waals surface area contributed by atoms with Crippen molar-refractivity contribution in [2.75, 3.05) is 6.79 Å². The summed E-state index contributed by atoms with van der Waals surface area (Å²) in [7, 11) is -4.02. The van der Waals surface area contributed by atoms with E-state index < -0.39 is 51.1 Å². The molecule has 3 atom stereocenters. The van der Waals surface area contributed by atoms with Crippen LogP contribution < -0.4 is 5.73 Å². The SMILES string of the molecule is CC(C)(C)C(=O)OCOC(=O)C1N2C(=O)C(N)[C@@H]2SC1(C)C.Cc1ccc(S(=O)(=O)O)cc1. The van der Waals surface area contributed by atoms with Gasteiger partial charge in [0, 0.05) is 4.75 Å². The fraction of sp³-hybridized carbons (Fsp3) is 0.571. The van der Waals surface area contributed by atoms with Gasteiger partial charge in [0.25, 0.3) is 10.1 Å². The van der Waals surface area contributed by atoms with E-state index in [2.05, 4.69) is 0 Å². The summed E-state index contributed by atoms with van der Waals surface area (Å²) in [6.07, 6.45) is 0. The zero-order chi connectivity index (χ0) is 25.4. The molecular weight excluding hydrogens is 472 g/mol. The predicted octanol–water partition coefficient (Wildman–Crippen LogP) is 1.71. The van der Waals surface area contributed by atoms with Crippen molar-refractivity contribution in [2.24, 2.45) is 11.1 Å². The molecule has 1 aromatic rings. The molecule has 3 rings (SSSR count). The number of rotatable bonds is 4. The van der Waals surface area contributed by atoms with Gasteiger partial charge in [0.1, 0.15) is 17.5 Å². The van der Waals surface area contributed by atoms with Crippen LogP contribution >= 0.6 is 11.8 Å². The van der Waals surface area contributed by atoms with Crippen molar-refractivity contribution < 1.29 is 36.8 Å². The highest BCUT2D eigenvalue weighted by Gasteiger charge is 2.63. The van der Waals surface area contributed by atoms with Crippen LogP contribution in [0.3, 0.4) is 0 Å². The molecule has 2 fully saturated rings. The molecule has 0 aromatic heterocycles. The van der Waals surface area contributed by atoms with Crippen molar-refractivity contribution in [3.63, 3.8) is 0 Å². The van der Waals surface area contributed by atoms with Crippen LogP contribution in [0.5, 0.6) is 0 Å². The van der Waals surface area contributed by atoms with Crippen LogP contribution in [0.1, 0.15) is 40.2 Å². The highest BCUT2D eigenvalue weighted by atomic mass is 32.2. The van der Waals surface area contributed by atoms with Crippen molar-refractivity contribution in [3.05, 3.63) is 29.8 Å². The van der Waals surface area contributed by atoms with Crippen LogP contribution in [-0.2, 0) is 34.0 Å². The fourth-order valence-corrected chi connectivity index (χ4v) is 5.21. The van der Waals surface area contributed by atoms with Gasteiger partial charge in [-0.05, 0) is 53.7 Å². The van der Waals surface area contributed by atoms with E-state index in [1.165, 1.54) is 28.8 Å². The number of benzene rings is 1. The predicted molar refractivity (Wildman–Crippen MR) is 122 cm³/mol. The lowest BCUT2D eigenvalue weighted by Gasteiger charge is -2.41. The van der Waals surface area contributed by atoms with Gasteiger partial charge in [-0.3, -0.25) is 14.1 Å². The van der Waals surface area contributed by atoms with E-state index in [4.69, 9.17) is 19.8 Å². The molecule has 2 unspecified atom stereocenters. The number of carbonyl (C=O) groups is 3. The zero-order valence-corrected chi connectivity index (χ0v) is 21.0. The first-order chi connectivity index (χ1) is 15.0. The number of aryl methyl sites for hydroxylation is 1. The number of ether oxygens (including phenoxy) is 2. The molecule has 2 aliphatic rings. The number of esters is 2. The van der Waals surface area contributed by atoms with Crippen molar-refractivity contribution in [2.45, 2.75) is 68.6 Å². The van der Waals surface area contributed by atoms with Crippen LogP contribution in [-0.4, -0.2) is 64.7 Å². The minimum absolute atomic E-state index is 0.0666. The van der Waals surface area contributed by atoms with Crippen LogP contribution in [0.25, 0.3) is 0 Å².